The summed E-state index contributed by atoms with van der Waals surface area (Å²) in [7, 11) is 0. The number of rotatable bonds is 13. The zero-order chi connectivity index (χ0) is 17.8. The Labute approximate surface area is 150 Å². The van der Waals surface area contributed by atoms with Gasteiger partial charge in [0.05, 0.1) is 31.0 Å². The number of nitrogens with zero attached hydrogens (tertiary/aromatic N) is 1. The summed E-state index contributed by atoms with van der Waals surface area (Å²) in [4.78, 5) is 20.7. The third-order valence-corrected chi connectivity index (χ3v) is 5.32. The molecular weight excluding hydrogens is 322 g/mol. The standard InChI is InChI=1S/C18H33N3O2S/c1-4-7-8-9-10-11-12-15-16(22)19-18(20-17(15)23)24-14-13-21(5-2)6-3/h4-14H2,1-3H3,(H2,19,20,22,23)/p+1. The Morgan fingerprint density at radius 1 is 1.08 bits per heavy atom. The first-order valence-corrected chi connectivity index (χ1v) is 10.4. The van der Waals surface area contributed by atoms with Crippen molar-refractivity contribution in [3.05, 3.63) is 15.9 Å². The van der Waals surface area contributed by atoms with Crippen LogP contribution >= 0.6 is 11.8 Å². The number of aromatic amines is 1. The molecule has 0 aliphatic heterocycles. The molecule has 1 aromatic rings. The summed E-state index contributed by atoms with van der Waals surface area (Å²) in [6.45, 7) is 9.78. The number of hydrogen-bond donors (Lipinski definition) is 3. The minimum absolute atomic E-state index is 0.0926. The number of aromatic nitrogens is 2. The second-order valence-corrected chi connectivity index (χ2v) is 7.33. The summed E-state index contributed by atoms with van der Waals surface area (Å²) in [6, 6.07) is 0. The Hall–Kier alpha value is -1.01. The maximum absolute atomic E-state index is 12.2. The Morgan fingerprint density at radius 2 is 1.75 bits per heavy atom. The van der Waals surface area contributed by atoms with E-state index >= 15 is 0 Å². The van der Waals surface area contributed by atoms with Gasteiger partial charge in [0.1, 0.15) is 0 Å². The zero-order valence-corrected chi connectivity index (χ0v) is 16.3. The van der Waals surface area contributed by atoms with Crippen LogP contribution in [-0.2, 0) is 6.42 Å². The molecule has 0 spiro atoms. The van der Waals surface area contributed by atoms with Gasteiger partial charge in [0.15, 0.2) is 5.16 Å². The van der Waals surface area contributed by atoms with Crippen LogP contribution in [0.25, 0.3) is 0 Å². The number of thioether (sulfide) groups is 1. The molecule has 0 amide bonds. The zero-order valence-electron chi connectivity index (χ0n) is 15.5. The molecule has 0 bridgehead atoms. The van der Waals surface area contributed by atoms with Gasteiger partial charge in [0, 0.05) is 0 Å². The second-order valence-electron chi connectivity index (χ2n) is 6.25. The highest BCUT2D eigenvalue weighted by molar-refractivity contribution is 7.99. The lowest BCUT2D eigenvalue weighted by Crippen LogP contribution is -3.11. The summed E-state index contributed by atoms with van der Waals surface area (Å²) >= 11 is 1.51. The van der Waals surface area contributed by atoms with Gasteiger partial charge < -0.3 is 15.0 Å². The van der Waals surface area contributed by atoms with Gasteiger partial charge in [-0.3, -0.25) is 4.79 Å². The van der Waals surface area contributed by atoms with Crippen LogP contribution in [-0.4, -0.2) is 40.5 Å². The van der Waals surface area contributed by atoms with Crippen LogP contribution in [0.3, 0.4) is 0 Å². The Bertz CT molecular complexity index is 515. The van der Waals surface area contributed by atoms with Gasteiger partial charge in [-0.2, -0.15) is 4.98 Å². The van der Waals surface area contributed by atoms with E-state index in [1.54, 1.807) is 0 Å². The fourth-order valence-corrected chi connectivity index (χ4v) is 3.64. The van der Waals surface area contributed by atoms with Gasteiger partial charge >= 0.3 is 0 Å². The number of quaternary nitrogens is 1. The van der Waals surface area contributed by atoms with Crippen molar-refractivity contribution < 1.29 is 10.0 Å². The molecule has 138 valence electrons. The van der Waals surface area contributed by atoms with Crippen molar-refractivity contribution in [1.82, 2.24) is 9.97 Å². The summed E-state index contributed by atoms with van der Waals surface area (Å²) < 4.78 is 0. The molecule has 0 saturated heterocycles. The van der Waals surface area contributed by atoms with Gasteiger partial charge in [-0.25, -0.2) is 0 Å². The molecule has 0 aliphatic carbocycles. The van der Waals surface area contributed by atoms with Crippen molar-refractivity contribution in [1.29, 1.82) is 0 Å². The molecule has 24 heavy (non-hydrogen) atoms. The molecule has 1 heterocycles. The number of H-pyrrole nitrogens is 1. The third-order valence-electron chi connectivity index (χ3n) is 4.45. The lowest BCUT2D eigenvalue weighted by atomic mass is 10.1. The third kappa shape index (κ3) is 7.71. The van der Waals surface area contributed by atoms with Crippen molar-refractivity contribution in [3.63, 3.8) is 0 Å². The van der Waals surface area contributed by atoms with Crippen LogP contribution in [0.15, 0.2) is 9.95 Å². The van der Waals surface area contributed by atoms with E-state index in [2.05, 4.69) is 30.7 Å². The summed E-state index contributed by atoms with van der Waals surface area (Å²) in [6.07, 6.45) is 7.59. The van der Waals surface area contributed by atoms with E-state index in [4.69, 9.17) is 0 Å². The quantitative estimate of drug-likeness (QED) is 0.288. The van der Waals surface area contributed by atoms with Crippen LogP contribution < -0.4 is 10.5 Å². The van der Waals surface area contributed by atoms with Crippen molar-refractivity contribution in [3.8, 4) is 5.88 Å². The lowest BCUT2D eigenvalue weighted by molar-refractivity contribution is -0.893. The van der Waals surface area contributed by atoms with Gasteiger partial charge in [-0.15, -0.1) is 0 Å². The molecule has 0 fully saturated rings. The minimum atomic E-state index is -0.186. The maximum atomic E-state index is 12.2. The molecule has 5 nitrogen and oxygen atoms in total. The molecule has 1 rings (SSSR count). The molecule has 1 aromatic heterocycles. The van der Waals surface area contributed by atoms with E-state index in [0.717, 1.165) is 38.2 Å². The van der Waals surface area contributed by atoms with Gasteiger partial charge in [0.25, 0.3) is 5.56 Å². The van der Waals surface area contributed by atoms with Crippen LogP contribution in [0.4, 0.5) is 0 Å². The van der Waals surface area contributed by atoms with Crippen molar-refractivity contribution in [2.45, 2.75) is 70.9 Å². The summed E-state index contributed by atoms with van der Waals surface area (Å²) in [5, 5.41) is 10.6. The van der Waals surface area contributed by atoms with Crippen molar-refractivity contribution >= 4 is 11.8 Å². The second kappa shape index (κ2) is 12.4. The fourth-order valence-electron chi connectivity index (χ4n) is 2.74. The van der Waals surface area contributed by atoms with Crippen LogP contribution in [0.5, 0.6) is 5.88 Å². The Balaban J connectivity index is 2.46. The number of nitrogens with one attached hydrogen (secondary N) is 2. The van der Waals surface area contributed by atoms with Gasteiger partial charge in [-0.1, -0.05) is 50.8 Å². The van der Waals surface area contributed by atoms with Crippen molar-refractivity contribution in [2.75, 3.05) is 25.4 Å². The van der Waals surface area contributed by atoms with E-state index < -0.39 is 0 Å². The smallest absolute Gasteiger partial charge is 0.258 e. The SMILES string of the molecule is CCCCCCCCc1c(O)nc(SCC[NH+](CC)CC)[nH]c1=O. The molecule has 0 aromatic carbocycles. The van der Waals surface area contributed by atoms with E-state index in [0.29, 0.717) is 17.1 Å². The first-order valence-electron chi connectivity index (χ1n) is 9.40. The highest BCUT2D eigenvalue weighted by Crippen LogP contribution is 2.18. The molecule has 0 radical (unpaired) electrons. The molecule has 3 N–H and O–H groups in total. The van der Waals surface area contributed by atoms with Crippen LogP contribution in [0, 0.1) is 0 Å². The predicted octanol–water partition coefficient (Wildman–Crippen LogP) is 2.40. The Kier molecular flexibility index (Phi) is 10.8. The first kappa shape index (κ1) is 21.0. The predicted molar refractivity (Wildman–Crippen MR) is 101 cm³/mol. The average Bonchev–Trinajstić information content (AvgIpc) is 2.57. The molecule has 0 unspecified atom stereocenters. The average molecular weight is 357 g/mol. The summed E-state index contributed by atoms with van der Waals surface area (Å²) in [5.41, 5.74) is 0.248. The van der Waals surface area contributed by atoms with Gasteiger partial charge in [0.2, 0.25) is 5.88 Å². The minimum Gasteiger partial charge on any atom is -0.493 e. The molecule has 6 heteroatoms. The van der Waals surface area contributed by atoms with E-state index in [1.807, 2.05) is 0 Å². The highest BCUT2D eigenvalue weighted by Gasteiger charge is 2.11. The lowest BCUT2D eigenvalue weighted by Gasteiger charge is -2.14. The number of aromatic hydroxyl groups is 1. The fraction of sp³-hybridized carbons (Fsp3) is 0.778. The Morgan fingerprint density at radius 3 is 2.38 bits per heavy atom. The van der Waals surface area contributed by atoms with Crippen LogP contribution in [0.1, 0.15) is 64.9 Å². The first-order chi connectivity index (χ1) is 11.6. The monoisotopic (exact) mass is 356 g/mol. The highest BCUT2D eigenvalue weighted by atomic mass is 32.2. The largest absolute Gasteiger partial charge is 0.493 e. The molecule has 0 aliphatic rings. The van der Waals surface area contributed by atoms with Gasteiger partial charge in [-0.05, 0) is 26.7 Å². The summed E-state index contributed by atoms with van der Waals surface area (Å²) in [5.74, 6) is 0.792. The van der Waals surface area contributed by atoms with E-state index in [-0.39, 0.29) is 11.4 Å². The topological polar surface area (TPSA) is 70.4 Å². The van der Waals surface area contributed by atoms with E-state index in [1.165, 1.54) is 42.3 Å². The maximum Gasteiger partial charge on any atom is 0.258 e. The molecular formula is C18H34N3O2S+. The van der Waals surface area contributed by atoms with Crippen molar-refractivity contribution in [2.24, 2.45) is 0 Å². The normalized spacial score (nSPS) is 11.3. The number of hydrogen-bond acceptors (Lipinski definition) is 4. The molecule has 0 atom stereocenters. The van der Waals surface area contributed by atoms with E-state index in [9.17, 15) is 9.90 Å². The van der Waals surface area contributed by atoms with Crippen LogP contribution in [0.2, 0.25) is 0 Å². The molecule has 0 saturated carbocycles. The number of unbranched alkanes of at least 4 members (excludes halogenated alkanes) is 5.